The molecule has 0 aliphatic carbocycles. The zero-order valence-corrected chi connectivity index (χ0v) is 16.0. The topological polar surface area (TPSA) is 91.5 Å². The zero-order chi connectivity index (χ0) is 20.5. The van der Waals surface area contributed by atoms with Gasteiger partial charge in [0.25, 0.3) is 0 Å². The fourth-order valence-electron chi connectivity index (χ4n) is 3.84. The predicted octanol–water partition coefficient (Wildman–Crippen LogP) is 1.27. The Balaban J connectivity index is 1.51. The first kappa shape index (κ1) is 18.9. The van der Waals surface area contributed by atoms with Crippen molar-refractivity contribution in [2.24, 2.45) is 0 Å². The highest BCUT2D eigenvalue weighted by atomic mass is 19.1. The first-order chi connectivity index (χ1) is 14.0. The lowest BCUT2D eigenvalue weighted by molar-refractivity contribution is -0.131. The molecule has 2 aromatic rings. The Morgan fingerprint density at radius 2 is 2.17 bits per heavy atom. The summed E-state index contributed by atoms with van der Waals surface area (Å²) < 4.78 is 20.7. The molecular formula is C20H20FN5O3. The molecule has 2 aliphatic heterocycles. The van der Waals surface area contributed by atoms with E-state index in [1.165, 1.54) is 18.2 Å². The number of ether oxygens (including phenoxy) is 1. The maximum atomic E-state index is 13.4. The van der Waals surface area contributed by atoms with Crippen molar-refractivity contribution in [3.8, 4) is 11.9 Å². The van der Waals surface area contributed by atoms with Crippen LogP contribution in [0.25, 0.3) is 0 Å². The van der Waals surface area contributed by atoms with Gasteiger partial charge in [0.2, 0.25) is 11.8 Å². The van der Waals surface area contributed by atoms with E-state index in [1.807, 2.05) is 11.8 Å². The lowest BCUT2D eigenvalue weighted by Gasteiger charge is -2.38. The highest BCUT2D eigenvalue weighted by Crippen LogP contribution is 2.29. The summed E-state index contributed by atoms with van der Waals surface area (Å²) in [5.74, 6) is 0.435. The Hall–Kier alpha value is -3.41. The van der Waals surface area contributed by atoms with Crippen molar-refractivity contribution in [3.63, 3.8) is 0 Å². The van der Waals surface area contributed by atoms with E-state index < -0.39 is 11.5 Å². The molecule has 9 heteroatoms. The SMILES string of the molecule is CCC(=O)N1CCN2c3cc(OCc4ccc(F)c(C#N)c4)nc(=O)n3CC2C1. The summed E-state index contributed by atoms with van der Waals surface area (Å²) in [6.07, 6.45) is 0.468. The molecule has 0 bridgehead atoms. The van der Waals surface area contributed by atoms with Gasteiger partial charge < -0.3 is 14.5 Å². The average molecular weight is 397 g/mol. The second-order valence-corrected chi connectivity index (χ2v) is 7.10. The van der Waals surface area contributed by atoms with Gasteiger partial charge in [0.05, 0.1) is 18.2 Å². The van der Waals surface area contributed by atoms with Crippen molar-refractivity contribution in [1.29, 1.82) is 5.26 Å². The summed E-state index contributed by atoms with van der Waals surface area (Å²) in [6.45, 7) is 4.23. The number of benzene rings is 1. The summed E-state index contributed by atoms with van der Waals surface area (Å²) in [5, 5.41) is 8.93. The molecule has 0 spiro atoms. The van der Waals surface area contributed by atoms with Crippen LogP contribution >= 0.6 is 0 Å². The number of hydrogen-bond donors (Lipinski definition) is 0. The molecule has 1 aromatic carbocycles. The molecule has 1 fully saturated rings. The molecule has 1 aromatic heterocycles. The van der Waals surface area contributed by atoms with Crippen molar-refractivity contribution < 1.29 is 13.9 Å². The standard InChI is InChI=1S/C20H20FN5O3/c1-2-19(27)24-5-6-25-15(10-24)11-26-18(25)8-17(23-20(26)28)29-12-13-3-4-16(21)14(7-13)9-22/h3-4,7-8,15H,2,5-6,10-12H2,1H3. The lowest BCUT2D eigenvalue weighted by atomic mass is 10.1. The minimum atomic E-state index is -0.586. The van der Waals surface area contributed by atoms with Gasteiger partial charge >= 0.3 is 5.69 Å². The Labute approximate surface area is 166 Å². The average Bonchev–Trinajstić information content (AvgIpc) is 3.11. The van der Waals surface area contributed by atoms with Crippen LogP contribution in [0.5, 0.6) is 5.88 Å². The highest BCUT2D eigenvalue weighted by Gasteiger charge is 2.36. The number of anilines is 1. The van der Waals surface area contributed by atoms with Gasteiger partial charge in [-0.25, -0.2) is 9.18 Å². The zero-order valence-electron chi connectivity index (χ0n) is 16.0. The minimum Gasteiger partial charge on any atom is -0.473 e. The van der Waals surface area contributed by atoms with E-state index in [0.29, 0.717) is 38.2 Å². The van der Waals surface area contributed by atoms with Gasteiger partial charge in [-0.15, -0.1) is 0 Å². The van der Waals surface area contributed by atoms with Crippen molar-refractivity contribution >= 4 is 11.7 Å². The molecule has 1 saturated heterocycles. The van der Waals surface area contributed by atoms with Gasteiger partial charge in [0.1, 0.15) is 24.3 Å². The number of nitriles is 1. The fraction of sp³-hybridized carbons (Fsp3) is 0.400. The van der Waals surface area contributed by atoms with Crippen molar-refractivity contribution in [2.45, 2.75) is 32.5 Å². The normalized spacial score (nSPS) is 17.5. The second-order valence-electron chi connectivity index (χ2n) is 7.10. The molecule has 0 N–H and O–H groups in total. The van der Waals surface area contributed by atoms with E-state index in [1.54, 1.807) is 16.7 Å². The third kappa shape index (κ3) is 3.53. The van der Waals surface area contributed by atoms with Crippen molar-refractivity contribution in [1.82, 2.24) is 14.5 Å². The molecule has 8 nitrogen and oxygen atoms in total. The number of halogens is 1. The van der Waals surface area contributed by atoms with Crippen molar-refractivity contribution in [2.75, 3.05) is 24.5 Å². The van der Waals surface area contributed by atoms with Crippen LogP contribution in [0.3, 0.4) is 0 Å². The van der Waals surface area contributed by atoms with E-state index >= 15 is 0 Å². The quantitative estimate of drug-likeness (QED) is 0.772. The molecule has 0 radical (unpaired) electrons. The van der Waals surface area contributed by atoms with Crippen LogP contribution in [0.1, 0.15) is 24.5 Å². The second kappa shape index (κ2) is 7.54. The predicted molar refractivity (Wildman–Crippen MR) is 102 cm³/mol. The molecule has 150 valence electrons. The molecular weight excluding hydrogens is 377 g/mol. The van der Waals surface area contributed by atoms with Gasteiger partial charge in [0.15, 0.2) is 0 Å². The van der Waals surface area contributed by atoms with E-state index in [9.17, 15) is 14.0 Å². The van der Waals surface area contributed by atoms with Gasteiger partial charge in [-0.2, -0.15) is 10.2 Å². The number of rotatable bonds is 4. The first-order valence-corrected chi connectivity index (χ1v) is 9.47. The lowest BCUT2D eigenvalue weighted by Crippen LogP contribution is -2.53. The van der Waals surface area contributed by atoms with Crippen LogP contribution in [-0.2, 0) is 17.9 Å². The summed E-state index contributed by atoms with van der Waals surface area (Å²) in [6, 6.07) is 7.69. The van der Waals surface area contributed by atoms with Crippen LogP contribution in [0, 0.1) is 17.1 Å². The summed E-state index contributed by atoms with van der Waals surface area (Å²) >= 11 is 0. The van der Waals surface area contributed by atoms with Crippen LogP contribution in [0.4, 0.5) is 10.2 Å². The molecule has 1 amide bonds. The van der Waals surface area contributed by atoms with Gasteiger partial charge in [0, 0.05) is 32.1 Å². The highest BCUT2D eigenvalue weighted by molar-refractivity contribution is 5.76. The summed E-state index contributed by atoms with van der Waals surface area (Å²) in [5.41, 5.74) is 0.141. The van der Waals surface area contributed by atoms with Crippen LogP contribution < -0.4 is 15.3 Å². The number of piperazine rings is 1. The number of amides is 1. The van der Waals surface area contributed by atoms with E-state index in [0.717, 1.165) is 5.82 Å². The number of fused-ring (bicyclic) bond motifs is 3. The molecule has 1 atom stereocenters. The Bertz CT molecular complexity index is 1060. The molecule has 29 heavy (non-hydrogen) atoms. The molecule has 3 heterocycles. The van der Waals surface area contributed by atoms with Gasteiger partial charge in [-0.05, 0) is 17.7 Å². The number of carbonyl (C=O) groups excluding carboxylic acids is 1. The molecule has 0 saturated carbocycles. The maximum Gasteiger partial charge on any atom is 0.352 e. The first-order valence-electron chi connectivity index (χ1n) is 9.47. The monoisotopic (exact) mass is 397 g/mol. The minimum absolute atomic E-state index is 0.0410. The fourth-order valence-corrected chi connectivity index (χ4v) is 3.84. The number of aromatic nitrogens is 2. The van der Waals surface area contributed by atoms with E-state index in [-0.39, 0.29) is 30.0 Å². The van der Waals surface area contributed by atoms with Gasteiger partial charge in [-0.1, -0.05) is 13.0 Å². The molecule has 1 unspecified atom stereocenters. The number of hydrogen-bond acceptors (Lipinski definition) is 6. The Morgan fingerprint density at radius 1 is 1.34 bits per heavy atom. The third-order valence-electron chi connectivity index (χ3n) is 5.33. The van der Waals surface area contributed by atoms with E-state index in [2.05, 4.69) is 9.88 Å². The van der Waals surface area contributed by atoms with Crippen LogP contribution in [0.2, 0.25) is 0 Å². The Morgan fingerprint density at radius 3 is 2.93 bits per heavy atom. The van der Waals surface area contributed by atoms with E-state index in [4.69, 9.17) is 10.00 Å². The smallest absolute Gasteiger partial charge is 0.352 e. The number of carbonyl (C=O) groups is 1. The van der Waals surface area contributed by atoms with Gasteiger partial charge in [-0.3, -0.25) is 9.36 Å². The maximum absolute atomic E-state index is 13.4. The van der Waals surface area contributed by atoms with Crippen molar-refractivity contribution in [3.05, 3.63) is 51.7 Å². The Kier molecular flexibility index (Phi) is 4.92. The molecule has 2 aliphatic rings. The summed E-state index contributed by atoms with van der Waals surface area (Å²) in [7, 11) is 0. The largest absolute Gasteiger partial charge is 0.473 e. The summed E-state index contributed by atoms with van der Waals surface area (Å²) in [4.78, 5) is 32.4. The molecule has 4 rings (SSSR count). The van der Waals surface area contributed by atoms with Crippen LogP contribution in [-0.4, -0.2) is 46.0 Å². The number of nitrogens with zero attached hydrogens (tertiary/aromatic N) is 5. The third-order valence-corrected chi connectivity index (χ3v) is 5.33. The van der Waals surface area contributed by atoms with Crippen LogP contribution in [0.15, 0.2) is 29.1 Å².